The molecule has 0 saturated heterocycles. The van der Waals surface area contributed by atoms with Gasteiger partial charge in [0.2, 0.25) is 0 Å². The molecule has 17 heavy (non-hydrogen) atoms. The van der Waals surface area contributed by atoms with Crippen LogP contribution in [0.15, 0.2) is 12.8 Å². The van der Waals surface area contributed by atoms with Crippen molar-refractivity contribution in [2.24, 2.45) is 0 Å². The Kier molecular flexibility index (Phi) is 15.1. The maximum Gasteiger partial charge on any atom is 0.0141 e. The number of unbranched alkanes of at least 4 members (excludes halogenated alkanes) is 11. The quantitative estimate of drug-likeness (QED) is 0.399. The fourth-order valence-electron chi connectivity index (χ4n) is 2.17. The third-order valence-electron chi connectivity index (χ3n) is 3.32. The molecule has 0 unspecified atom stereocenters. The van der Waals surface area contributed by atoms with Crippen molar-refractivity contribution in [1.29, 1.82) is 0 Å². The third kappa shape index (κ3) is 15.5. The van der Waals surface area contributed by atoms with E-state index in [1.165, 1.54) is 77.0 Å². The highest BCUT2D eigenvalue weighted by molar-refractivity contribution is 4.62. The summed E-state index contributed by atoms with van der Waals surface area (Å²) in [6.45, 7) is 7.02. The summed E-state index contributed by atoms with van der Waals surface area (Å²) in [6, 6.07) is 0. The van der Waals surface area contributed by atoms with E-state index in [1.54, 1.807) is 6.20 Å². The minimum atomic E-state index is 1.10. The van der Waals surface area contributed by atoms with Gasteiger partial charge in [-0.3, -0.25) is 0 Å². The summed E-state index contributed by atoms with van der Waals surface area (Å²) in [7, 11) is 0. The van der Waals surface area contributed by atoms with E-state index in [4.69, 9.17) is 0 Å². The molecule has 102 valence electrons. The van der Waals surface area contributed by atoms with Gasteiger partial charge >= 0.3 is 0 Å². The fraction of sp³-hybridized carbons (Fsp3) is 0.875. The van der Waals surface area contributed by atoms with E-state index in [0.29, 0.717) is 0 Å². The molecule has 0 aromatic heterocycles. The summed E-state index contributed by atoms with van der Waals surface area (Å²) in [4.78, 5) is 0. The van der Waals surface area contributed by atoms with Crippen molar-refractivity contribution in [3.8, 4) is 0 Å². The van der Waals surface area contributed by atoms with Gasteiger partial charge in [0.1, 0.15) is 0 Å². The van der Waals surface area contributed by atoms with Crippen molar-refractivity contribution < 1.29 is 0 Å². The molecular weight excluding hydrogens is 206 g/mol. The molecule has 0 spiro atoms. The summed E-state index contributed by atoms with van der Waals surface area (Å²) in [5, 5.41) is 3.15. The molecule has 0 amide bonds. The molecule has 1 nitrogen and oxygen atoms in total. The van der Waals surface area contributed by atoms with Gasteiger partial charge in [-0.05, 0) is 12.6 Å². The second-order valence-electron chi connectivity index (χ2n) is 5.05. The highest BCUT2D eigenvalue weighted by atomic mass is 14.8. The molecule has 0 aliphatic heterocycles. The predicted molar refractivity (Wildman–Crippen MR) is 79.3 cm³/mol. The van der Waals surface area contributed by atoms with Crippen LogP contribution in [0, 0.1) is 0 Å². The molecule has 0 bridgehead atoms. The Morgan fingerprint density at radius 3 is 1.53 bits per heavy atom. The molecule has 0 aromatic rings. The van der Waals surface area contributed by atoms with Gasteiger partial charge in [0.05, 0.1) is 0 Å². The first-order chi connectivity index (χ1) is 8.41. The van der Waals surface area contributed by atoms with E-state index in [-0.39, 0.29) is 0 Å². The Morgan fingerprint density at radius 2 is 1.12 bits per heavy atom. The Morgan fingerprint density at radius 1 is 0.706 bits per heavy atom. The summed E-state index contributed by atoms with van der Waals surface area (Å²) >= 11 is 0. The second-order valence-corrected chi connectivity index (χ2v) is 5.05. The molecule has 0 aliphatic carbocycles. The highest BCUT2D eigenvalue weighted by Gasteiger charge is 1.92. The van der Waals surface area contributed by atoms with Gasteiger partial charge in [-0.1, -0.05) is 84.1 Å². The first-order valence-corrected chi connectivity index (χ1v) is 7.76. The zero-order valence-electron chi connectivity index (χ0n) is 12.0. The molecule has 0 atom stereocenters. The van der Waals surface area contributed by atoms with Crippen LogP contribution >= 0.6 is 0 Å². The van der Waals surface area contributed by atoms with Gasteiger partial charge in [0, 0.05) is 6.54 Å². The molecule has 0 fully saturated rings. The molecule has 0 saturated carbocycles. The zero-order valence-corrected chi connectivity index (χ0v) is 12.0. The van der Waals surface area contributed by atoms with Crippen molar-refractivity contribution >= 4 is 0 Å². The van der Waals surface area contributed by atoms with Gasteiger partial charge in [0.25, 0.3) is 0 Å². The SMILES string of the molecule is C=CNCCCCCCCCCCCCCC. The van der Waals surface area contributed by atoms with Gasteiger partial charge in [-0.25, -0.2) is 0 Å². The van der Waals surface area contributed by atoms with Crippen molar-refractivity contribution in [2.45, 2.75) is 84.0 Å². The Hall–Kier alpha value is -0.460. The molecular formula is C16H33N. The fourth-order valence-corrected chi connectivity index (χ4v) is 2.17. The summed E-state index contributed by atoms with van der Waals surface area (Å²) < 4.78 is 0. The minimum Gasteiger partial charge on any atom is -0.391 e. The summed E-state index contributed by atoms with van der Waals surface area (Å²) in [6.07, 6.45) is 18.8. The van der Waals surface area contributed by atoms with Crippen molar-refractivity contribution in [1.82, 2.24) is 5.32 Å². The van der Waals surface area contributed by atoms with Crippen molar-refractivity contribution in [3.05, 3.63) is 12.8 Å². The molecule has 1 heteroatoms. The lowest BCUT2D eigenvalue weighted by Gasteiger charge is -2.03. The van der Waals surface area contributed by atoms with Crippen LogP contribution in [0.3, 0.4) is 0 Å². The molecule has 0 rings (SSSR count). The second kappa shape index (κ2) is 15.5. The van der Waals surface area contributed by atoms with Crippen LogP contribution in [0.4, 0.5) is 0 Å². The van der Waals surface area contributed by atoms with Crippen LogP contribution < -0.4 is 5.32 Å². The first kappa shape index (κ1) is 16.5. The summed E-state index contributed by atoms with van der Waals surface area (Å²) in [5.41, 5.74) is 0. The maximum absolute atomic E-state index is 3.64. The van der Waals surface area contributed by atoms with E-state index in [2.05, 4.69) is 18.8 Å². The Bertz CT molecular complexity index is 142. The van der Waals surface area contributed by atoms with Crippen molar-refractivity contribution in [2.75, 3.05) is 6.54 Å². The largest absolute Gasteiger partial charge is 0.391 e. The van der Waals surface area contributed by atoms with Gasteiger partial charge in [-0.2, -0.15) is 0 Å². The lowest BCUT2D eigenvalue weighted by atomic mass is 10.1. The summed E-state index contributed by atoms with van der Waals surface area (Å²) in [5.74, 6) is 0. The van der Waals surface area contributed by atoms with Crippen LogP contribution in [-0.4, -0.2) is 6.54 Å². The van der Waals surface area contributed by atoms with Crippen molar-refractivity contribution in [3.63, 3.8) is 0 Å². The monoisotopic (exact) mass is 239 g/mol. The molecule has 0 aromatic carbocycles. The average molecular weight is 239 g/mol. The number of hydrogen-bond acceptors (Lipinski definition) is 1. The van der Waals surface area contributed by atoms with Crippen LogP contribution in [0.1, 0.15) is 84.0 Å². The molecule has 1 N–H and O–H groups in total. The minimum absolute atomic E-state index is 1.10. The van der Waals surface area contributed by atoms with E-state index in [1.807, 2.05) is 0 Å². The smallest absolute Gasteiger partial charge is 0.0141 e. The van der Waals surface area contributed by atoms with Gasteiger partial charge in [0.15, 0.2) is 0 Å². The standard InChI is InChI=1S/C16H33N/c1-3-5-6-7-8-9-10-11-12-13-14-15-16-17-4-2/h4,17H,2-3,5-16H2,1H3. The molecule has 0 radical (unpaired) electrons. The predicted octanol–water partition coefficient (Wildman–Crippen LogP) is 5.42. The lowest BCUT2D eigenvalue weighted by molar-refractivity contribution is 0.542. The third-order valence-corrected chi connectivity index (χ3v) is 3.32. The van der Waals surface area contributed by atoms with E-state index in [9.17, 15) is 0 Å². The maximum atomic E-state index is 3.64. The Labute approximate surface area is 109 Å². The van der Waals surface area contributed by atoms with Gasteiger partial charge < -0.3 is 5.32 Å². The first-order valence-electron chi connectivity index (χ1n) is 7.76. The van der Waals surface area contributed by atoms with E-state index in [0.717, 1.165) is 6.54 Å². The molecule has 0 aliphatic rings. The van der Waals surface area contributed by atoms with E-state index >= 15 is 0 Å². The number of hydrogen-bond donors (Lipinski definition) is 1. The topological polar surface area (TPSA) is 12.0 Å². The normalized spacial score (nSPS) is 10.4. The zero-order chi connectivity index (χ0) is 12.6. The Balaban J connectivity index is 2.87. The number of rotatable bonds is 14. The van der Waals surface area contributed by atoms with Crippen LogP contribution in [0.2, 0.25) is 0 Å². The molecule has 0 heterocycles. The highest BCUT2D eigenvalue weighted by Crippen LogP contribution is 2.11. The number of nitrogens with one attached hydrogen (secondary N) is 1. The van der Waals surface area contributed by atoms with Gasteiger partial charge in [-0.15, -0.1) is 0 Å². The van der Waals surface area contributed by atoms with E-state index < -0.39 is 0 Å². The lowest BCUT2D eigenvalue weighted by Crippen LogP contribution is -2.05. The van der Waals surface area contributed by atoms with Crippen LogP contribution in [0.25, 0.3) is 0 Å². The van der Waals surface area contributed by atoms with Crippen LogP contribution in [0.5, 0.6) is 0 Å². The van der Waals surface area contributed by atoms with Crippen LogP contribution in [-0.2, 0) is 0 Å². The average Bonchev–Trinajstić information content (AvgIpc) is 2.35.